The van der Waals surface area contributed by atoms with Crippen molar-refractivity contribution in [2.24, 2.45) is 0 Å². The summed E-state index contributed by atoms with van der Waals surface area (Å²) in [4.78, 5) is 14.4. The molecule has 2 aromatic rings. The zero-order valence-corrected chi connectivity index (χ0v) is 10.2. The summed E-state index contributed by atoms with van der Waals surface area (Å²) < 4.78 is 5.39. The second-order valence-electron chi connectivity index (χ2n) is 3.13. The first-order valence-corrected chi connectivity index (χ1v) is 5.86. The maximum absolute atomic E-state index is 11.4. The van der Waals surface area contributed by atoms with Gasteiger partial charge in [0.25, 0.3) is 0 Å². The molecular formula is C11H9NO2S2. The van der Waals surface area contributed by atoms with Gasteiger partial charge in [0.15, 0.2) is 3.95 Å². The molecule has 0 saturated heterocycles. The topological polar surface area (TPSA) is 42.1 Å². The van der Waals surface area contributed by atoms with Gasteiger partial charge in [-0.1, -0.05) is 12.1 Å². The summed E-state index contributed by atoms with van der Waals surface area (Å²) in [7, 11) is 1.37. The molecule has 0 radical (unpaired) electrons. The number of hydrogen-bond donors (Lipinski definition) is 1. The second-order valence-corrected chi connectivity index (χ2v) is 4.68. The van der Waals surface area contributed by atoms with Crippen LogP contribution in [0.2, 0.25) is 0 Å². The first kappa shape index (κ1) is 11.0. The van der Waals surface area contributed by atoms with Crippen molar-refractivity contribution in [3.8, 4) is 11.3 Å². The molecule has 16 heavy (non-hydrogen) atoms. The van der Waals surface area contributed by atoms with E-state index in [9.17, 15) is 4.79 Å². The zero-order chi connectivity index (χ0) is 11.5. The summed E-state index contributed by atoms with van der Waals surface area (Å²) in [5, 5.41) is 1.93. The Bertz CT molecular complexity index is 571. The Morgan fingerprint density at radius 1 is 1.50 bits per heavy atom. The smallest absolute Gasteiger partial charge is 0.337 e. The van der Waals surface area contributed by atoms with Crippen LogP contribution in [0, 0.1) is 3.95 Å². The summed E-state index contributed by atoms with van der Waals surface area (Å²) in [6.07, 6.45) is 0. The summed E-state index contributed by atoms with van der Waals surface area (Å²) in [6.45, 7) is 0. The zero-order valence-electron chi connectivity index (χ0n) is 8.52. The van der Waals surface area contributed by atoms with Crippen molar-refractivity contribution < 1.29 is 9.53 Å². The van der Waals surface area contributed by atoms with Gasteiger partial charge >= 0.3 is 5.97 Å². The van der Waals surface area contributed by atoms with E-state index in [1.165, 1.54) is 18.4 Å². The van der Waals surface area contributed by atoms with Gasteiger partial charge < -0.3 is 9.72 Å². The molecule has 0 fully saturated rings. The van der Waals surface area contributed by atoms with E-state index in [1.807, 2.05) is 17.5 Å². The van der Waals surface area contributed by atoms with Crippen LogP contribution in [0.15, 0.2) is 29.6 Å². The van der Waals surface area contributed by atoms with E-state index in [4.69, 9.17) is 12.2 Å². The lowest BCUT2D eigenvalue weighted by Gasteiger charge is -2.01. The van der Waals surface area contributed by atoms with Crippen LogP contribution in [0.3, 0.4) is 0 Å². The molecule has 0 aliphatic rings. The third-order valence-electron chi connectivity index (χ3n) is 2.12. The highest BCUT2D eigenvalue weighted by atomic mass is 32.1. The predicted octanol–water partition coefficient (Wildman–Crippen LogP) is 3.26. The number of rotatable bonds is 2. The van der Waals surface area contributed by atoms with Gasteiger partial charge in [-0.2, -0.15) is 0 Å². The Hall–Kier alpha value is -1.46. The standard InChI is InChI=1S/C11H9NO2S2/c1-14-10(13)8-4-2-3-7(5-8)9-6-16-11(15)12-9/h2-6H,1H3,(H,12,15). The molecular weight excluding hydrogens is 242 g/mol. The summed E-state index contributed by atoms with van der Waals surface area (Å²) in [6, 6.07) is 7.23. The van der Waals surface area contributed by atoms with Crippen molar-refractivity contribution in [1.82, 2.24) is 4.98 Å². The lowest BCUT2D eigenvalue weighted by Crippen LogP contribution is -2.00. The van der Waals surface area contributed by atoms with Crippen molar-refractivity contribution in [2.45, 2.75) is 0 Å². The molecule has 2 rings (SSSR count). The van der Waals surface area contributed by atoms with E-state index in [1.54, 1.807) is 12.1 Å². The van der Waals surface area contributed by atoms with Gasteiger partial charge in [0.1, 0.15) is 0 Å². The molecule has 0 aliphatic heterocycles. The Morgan fingerprint density at radius 3 is 2.94 bits per heavy atom. The Labute approximate surface area is 102 Å². The van der Waals surface area contributed by atoms with Gasteiger partial charge in [0, 0.05) is 5.38 Å². The highest BCUT2D eigenvalue weighted by molar-refractivity contribution is 7.73. The molecule has 0 spiro atoms. The first-order chi connectivity index (χ1) is 7.70. The Balaban J connectivity index is 2.43. The molecule has 0 aliphatic carbocycles. The van der Waals surface area contributed by atoms with E-state index in [0.29, 0.717) is 5.56 Å². The molecule has 5 heteroatoms. The number of nitrogens with one attached hydrogen (secondary N) is 1. The quantitative estimate of drug-likeness (QED) is 0.658. The number of H-pyrrole nitrogens is 1. The predicted molar refractivity (Wildman–Crippen MR) is 66.3 cm³/mol. The number of carbonyl (C=O) groups is 1. The number of methoxy groups -OCH3 is 1. The van der Waals surface area contributed by atoms with E-state index in [2.05, 4.69) is 9.72 Å². The van der Waals surface area contributed by atoms with Gasteiger partial charge in [-0.25, -0.2) is 4.79 Å². The van der Waals surface area contributed by atoms with Crippen LogP contribution in [-0.4, -0.2) is 18.1 Å². The minimum absolute atomic E-state index is 0.337. The number of benzene rings is 1. The molecule has 0 unspecified atom stereocenters. The lowest BCUT2D eigenvalue weighted by molar-refractivity contribution is 0.0601. The van der Waals surface area contributed by atoms with Crippen LogP contribution in [0.4, 0.5) is 0 Å². The molecule has 82 valence electrons. The van der Waals surface area contributed by atoms with Crippen molar-refractivity contribution in [3.05, 3.63) is 39.2 Å². The van der Waals surface area contributed by atoms with Crippen LogP contribution in [0.1, 0.15) is 10.4 Å². The molecule has 1 heterocycles. The third-order valence-corrected chi connectivity index (χ3v) is 3.18. The maximum Gasteiger partial charge on any atom is 0.337 e. The minimum atomic E-state index is -0.337. The highest BCUT2D eigenvalue weighted by Crippen LogP contribution is 2.21. The van der Waals surface area contributed by atoms with Crippen LogP contribution >= 0.6 is 23.6 Å². The lowest BCUT2D eigenvalue weighted by atomic mass is 10.1. The van der Waals surface area contributed by atoms with Gasteiger partial charge in [0.2, 0.25) is 0 Å². The molecule has 0 amide bonds. The molecule has 1 N–H and O–H groups in total. The number of carbonyl (C=O) groups excluding carboxylic acids is 1. The molecule has 0 bridgehead atoms. The highest BCUT2D eigenvalue weighted by Gasteiger charge is 2.07. The van der Waals surface area contributed by atoms with Crippen LogP contribution in [-0.2, 0) is 4.74 Å². The molecule has 0 atom stereocenters. The van der Waals surface area contributed by atoms with Crippen molar-refractivity contribution in [2.75, 3.05) is 7.11 Å². The minimum Gasteiger partial charge on any atom is -0.465 e. The largest absolute Gasteiger partial charge is 0.465 e. The van der Waals surface area contributed by atoms with Crippen LogP contribution < -0.4 is 0 Å². The fourth-order valence-electron chi connectivity index (χ4n) is 1.35. The summed E-state index contributed by atoms with van der Waals surface area (Å²) >= 11 is 6.47. The maximum atomic E-state index is 11.4. The van der Waals surface area contributed by atoms with E-state index < -0.39 is 0 Å². The summed E-state index contributed by atoms with van der Waals surface area (Å²) in [5.41, 5.74) is 2.38. The fraction of sp³-hybridized carbons (Fsp3) is 0.0909. The third kappa shape index (κ3) is 2.20. The Morgan fingerprint density at radius 2 is 2.31 bits per heavy atom. The van der Waals surface area contributed by atoms with Crippen molar-refractivity contribution in [1.29, 1.82) is 0 Å². The first-order valence-electron chi connectivity index (χ1n) is 4.57. The van der Waals surface area contributed by atoms with Crippen LogP contribution in [0.25, 0.3) is 11.3 Å². The average molecular weight is 251 g/mol. The molecule has 1 aromatic carbocycles. The number of esters is 1. The monoisotopic (exact) mass is 251 g/mol. The molecule has 0 saturated carbocycles. The number of aromatic nitrogens is 1. The van der Waals surface area contributed by atoms with E-state index in [-0.39, 0.29) is 5.97 Å². The SMILES string of the molecule is COC(=O)c1cccc(-c2csc(=S)[nH]2)c1. The summed E-state index contributed by atoms with van der Waals surface area (Å²) in [5.74, 6) is -0.337. The van der Waals surface area contributed by atoms with E-state index in [0.717, 1.165) is 15.2 Å². The fourth-order valence-corrected chi connectivity index (χ4v) is 2.20. The van der Waals surface area contributed by atoms with Gasteiger partial charge in [-0.05, 0) is 29.9 Å². The van der Waals surface area contributed by atoms with Gasteiger partial charge in [-0.15, -0.1) is 11.3 Å². The van der Waals surface area contributed by atoms with Gasteiger partial charge in [-0.3, -0.25) is 0 Å². The number of ether oxygens (including phenoxy) is 1. The van der Waals surface area contributed by atoms with Gasteiger partial charge in [0.05, 0.1) is 18.4 Å². The molecule has 1 aromatic heterocycles. The van der Waals surface area contributed by atoms with E-state index >= 15 is 0 Å². The van der Waals surface area contributed by atoms with Crippen LogP contribution in [0.5, 0.6) is 0 Å². The Kier molecular flexibility index (Phi) is 3.17. The number of thiazole rings is 1. The van der Waals surface area contributed by atoms with Crippen molar-refractivity contribution in [3.63, 3.8) is 0 Å². The normalized spacial score (nSPS) is 10.1. The average Bonchev–Trinajstić information content (AvgIpc) is 2.75. The molecule has 3 nitrogen and oxygen atoms in total. The number of aromatic amines is 1. The number of hydrogen-bond acceptors (Lipinski definition) is 4. The second kappa shape index (κ2) is 4.59. The van der Waals surface area contributed by atoms with Crippen molar-refractivity contribution >= 4 is 29.5 Å².